The Kier molecular flexibility index (Phi) is 4.69. The van der Waals surface area contributed by atoms with E-state index in [0.717, 1.165) is 35.8 Å². The third kappa shape index (κ3) is 3.05. The summed E-state index contributed by atoms with van der Waals surface area (Å²) in [5, 5.41) is 0. The largest absolute Gasteiger partial charge is 0.481 e. The number of carbonyl (C=O) groups excluding carboxylic acids is 2. The van der Waals surface area contributed by atoms with Gasteiger partial charge in [-0.25, -0.2) is 4.98 Å². The highest BCUT2D eigenvalue weighted by molar-refractivity contribution is 9.10. The predicted molar refractivity (Wildman–Crippen MR) is 97.4 cm³/mol. The summed E-state index contributed by atoms with van der Waals surface area (Å²) in [7, 11) is 1.62. The van der Waals surface area contributed by atoms with E-state index >= 15 is 0 Å². The first-order valence-corrected chi connectivity index (χ1v) is 10.1. The molecule has 0 N–H and O–H groups in total. The summed E-state index contributed by atoms with van der Waals surface area (Å²) in [6.45, 7) is 0. The monoisotopic (exact) mass is 405 g/mol. The summed E-state index contributed by atoms with van der Waals surface area (Å²) in [6.07, 6.45) is 6.33. The van der Waals surface area contributed by atoms with Crippen LogP contribution in [0.2, 0.25) is 0 Å². The Hall–Kier alpha value is -1.23. The molecule has 0 aromatic carbocycles. The van der Waals surface area contributed by atoms with Crippen molar-refractivity contribution in [2.75, 3.05) is 7.11 Å². The number of Topliss-reactive ketones (excluding diaryl/α,β-unsaturated/α-hetero) is 2. The van der Waals surface area contributed by atoms with Gasteiger partial charge in [-0.2, -0.15) is 0 Å². The quantitative estimate of drug-likeness (QED) is 0.762. The number of carbonyl (C=O) groups is 2. The minimum Gasteiger partial charge on any atom is -0.481 e. The molecule has 4 rings (SSSR count). The molecule has 0 bridgehead atoms. The van der Waals surface area contributed by atoms with Crippen LogP contribution in [-0.2, 0) is 16.0 Å². The second-order valence-electron chi connectivity index (χ2n) is 7.83. The van der Waals surface area contributed by atoms with Crippen LogP contribution in [0.3, 0.4) is 0 Å². The first kappa shape index (κ1) is 17.2. The lowest BCUT2D eigenvalue weighted by Crippen LogP contribution is -2.43. The molecule has 0 saturated heterocycles. The lowest BCUT2D eigenvalue weighted by molar-refractivity contribution is -0.137. The Bertz CT molecular complexity index is 704. The van der Waals surface area contributed by atoms with E-state index in [1.54, 1.807) is 7.11 Å². The Morgan fingerprint density at radius 2 is 1.88 bits per heavy atom. The Morgan fingerprint density at radius 1 is 1.12 bits per heavy atom. The van der Waals surface area contributed by atoms with E-state index in [1.807, 2.05) is 12.1 Å². The number of fused-ring (bicyclic) bond motifs is 3. The molecule has 3 aliphatic rings. The van der Waals surface area contributed by atoms with E-state index in [4.69, 9.17) is 4.74 Å². The summed E-state index contributed by atoms with van der Waals surface area (Å²) in [5.74, 6) is 2.47. The van der Waals surface area contributed by atoms with Gasteiger partial charge >= 0.3 is 0 Å². The number of hydrogen-bond donors (Lipinski definition) is 0. The van der Waals surface area contributed by atoms with Crippen molar-refractivity contribution in [3.63, 3.8) is 0 Å². The fourth-order valence-corrected chi connectivity index (χ4v) is 5.94. The van der Waals surface area contributed by atoms with Gasteiger partial charge in [-0.05, 0) is 59.0 Å². The average molecular weight is 406 g/mol. The third-order valence-corrected chi connectivity index (χ3v) is 7.31. The van der Waals surface area contributed by atoms with Crippen LogP contribution in [0.25, 0.3) is 0 Å². The highest BCUT2D eigenvalue weighted by Gasteiger charge is 2.53. The summed E-state index contributed by atoms with van der Waals surface area (Å²) < 4.78 is 6.23. The third-order valence-electron chi connectivity index (χ3n) is 6.59. The molecule has 0 amide bonds. The lowest BCUT2D eigenvalue weighted by Gasteiger charge is -2.43. The highest BCUT2D eigenvalue weighted by Crippen LogP contribution is 2.53. The van der Waals surface area contributed by atoms with Crippen LogP contribution in [0.1, 0.15) is 44.2 Å². The van der Waals surface area contributed by atoms with Crippen molar-refractivity contribution >= 4 is 27.5 Å². The zero-order chi connectivity index (χ0) is 17.6. The van der Waals surface area contributed by atoms with E-state index in [-0.39, 0.29) is 11.8 Å². The summed E-state index contributed by atoms with van der Waals surface area (Å²) >= 11 is 3.59. The second kappa shape index (κ2) is 6.82. The van der Waals surface area contributed by atoms with Crippen molar-refractivity contribution in [3.8, 4) is 5.88 Å². The van der Waals surface area contributed by atoms with E-state index in [9.17, 15) is 9.59 Å². The lowest BCUT2D eigenvalue weighted by atomic mass is 9.60. The molecule has 4 nitrogen and oxygen atoms in total. The molecule has 3 saturated carbocycles. The van der Waals surface area contributed by atoms with E-state index < -0.39 is 0 Å². The maximum atomic E-state index is 12.6. The van der Waals surface area contributed by atoms with Crippen LogP contribution in [-0.4, -0.2) is 23.7 Å². The van der Waals surface area contributed by atoms with Gasteiger partial charge in [0.1, 0.15) is 11.6 Å². The van der Waals surface area contributed by atoms with Crippen LogP contribution < -0.4 is 4.74 Å². The Morgan fingerprint density at radius 3 is 2.68 bits per heavy atom. The van der Waals surface area contributed by atoms with Crippen molar-refractivity contribution in [1.82, 2.24) is 4.98 Å². The summed E-state index contributed by atoms with van der Waals surface area (Å²) in [5.41, 5.74) is 0.960. The number of halogens is 1. The molecule has 3 fully saturated rings. The van der Waals surface area contributed by atoms with Gasteiger partial charge in [-0.15, -0.1) is 0 Å². The topological polar surface area (TPSA) is 56.3 Å². The maximum absolute atomic E-state index is 12.6. The number of rotatable bonds is 3. The maximum Gasteiger partial charge on any atom is 0.213 e. The molecule has 1 aromatic heterocycles. The van der Waals surface area contributed by atoms with Gasteiger partial charge in [0.15, 0.2) is 0 Å². The molecule has 1 aromatic rings. The molecule has 1 heterocycles. The molecule has 0 radical (unpaired) electrons. The smallest absolute Gasteiger partial charge is 0.213 e. The number of aromatic nitrogens is 1. The van der Waals surface area contributed by atoms with Crippen molar-refractivity contribution in [1.29, 1.82) is 0 Å². The van der Waals surface area contributed by atoms with Gasteiger partial charge < -0.3 is 4.74 Å². The number of nitrogens with zero attached hydrogens (tertiary/aromatic N) is 1. The minimum atomic E-state index is -0.0405. The number of pyridine rings is 1. The van der Waals surface area contributed by atoms with E-state index in [2.05, 4.69) is 20.9 Å². The molecule has 5 atom stereocenters. The summed E-state index contributed by atoms with van der Waals surface area (Å²) in [6, 6.07) is 3.80. The molecule has 5 heteroatoms. The van der Waals surface area contributed by atoms with Gasteiger partial charge in [0.05, 0.1) is 12.8 Å². The molecular formula is C20H24BrNO3. The zero-order valence-corrected chi connectivity index (χ0v) is 16.1. The van der Waals surface area contributed by atoms with Gasteiger partial charge in [0, 0.05) is 35.2 Å². The molecule has 25 heavy (non-hydrogen) atoms. The first-order valence-electron chi connectivity index (χ1n) is 9.33. The van der Waals surface area contributed by atoms with Crippen molar-refractivity contribution in [2.24, 2.45) is 29.6 Å². The van der Waals surface area contributed by atoms with Crippen molar-refractivity contribution in [2.45, 2.75) is 44.9 Å². The molecule has 134 valence electrons. The molecule has 1 unspecified atom stereocenters. The highest BCUT2D eigenvalue weighted by atomic mass is 79.9. The zero-order valence-electron chi connectivity index (χ0n) is 14.5. The number of hydrogen-bond acceptors (Lipinski definition) is 4. The van der Waals surface area contributed by atoms with Crippen LogP contribution in [0.15, 0.2) is 16.6 Å². The SMILES string of the molecule is COc1ccc(Br)c(CC2CC(=O)[C@H]3CC(=O)[C@@H]4CCCC[C@H]4[C@H]23)n1. The molecule has 0 spiro atoms. The Balaban J connectivity index is 1.62. The second-order valence-corrected chi connectivity index (χ2v) is 8.68. The molecule has 3 aliphatic carbocycles. The number of ketones is 2. The van der Waals surface area contributed by atoms with Crippen molar-refractivity contribution in [3.05, 3.63) is 22.3 Å². The normalized spacial score (nSPS) is 34.6. The van der Waals surface area contributed by atoms with Gasteiger partial charge in [-0.3, -0.25) is 9.59 Å². The number of ether oxygens (including phenoxy) is 1. The predicted octanol–water partition coefficient (Wildman–Crippen LogP) is 4.00. The van der Waals surface area contributed by atoms with Crippen LogP contribution in [0.4, 0.5) is 0 Å². The minimum absolute atomic E-state index is 0.0405. The van der Waals surface area contributed by atoms with E-state index in [0.29, 0.717) is 48.0 Å². The Labute approximate surface area is 156 Å². The van der Waals surface area contributed by atoms with E-state index in [1.165, 1.54) is 6.42 Å². The molecular weight excluding hydrogens is 382 g/mol. The van der Waals surface area contributed by atoms with Gasteiger partial charge in [-0.1, -0.05) is 12.8 Å². The van der Waals surface area contributed by atoms with Gasteiger partial charge in [0.25, 0.3) is 0 Å². The van der Waals surface area contributed by atoms with Crippen LogP contribution in [0.5, 0.6) is 5.88 Å². The average Bonchev–Trinajstić information content (AvgIpc) is 2.93. The standard InChI is InChI=1S/C20H24BrNO3/c1-25-19-7-6-15(21)16(22-19)8-11-9-17(23)14-10-18(24)12-4-2-3-5-13(12)20(11)14/h6-7,11-14,20H,2-5,8-10H2,1H3/t11?,12-,13-,14-,20+/m1/s1. The van der Waals surface area contributed by atoms with Crippen LogP contribution in [0, 0.1) is 29.6 Å². The number of methoxy groups -OCH3 is 1. The fourth-order valence-electron chi connectivity index (χ4n) is 5.55. The van der Waals surface area contributed by atoms with Gasteiger partial charge in [0.2, 0.25) is 5.88 Å². The fraction of sp³-hybridized carbons (Fsp3) is 0.650. The van der Waals surface area contributed by atoms with Crippen LogP contribution >= 0.6 is 15.9 Å². The molecule has 0 aliphatic heterocycles. The first-order chi connectivity index (χ1) is 12.1. The summed E-state index contributed by atoms with van der Waals surface area (Å²) in [4.78, 5) is 29.7. The van der Waals surface area contributed by atoms with Crippen molar-refractivity contribution < 1.29 is 14.3 Å².